The SMILES string of the molecule is N#CCN(C(=O)COC(=O)/C=C/c1cc(Cl)c2c(c1)OCO2)c1ccccc1. The summed E-state index contributed by atoms with van der Waals surface area (Å²) in [6.45, 7) is -0.541. The average Bonchev–Trinajstić information content (AvgIpc) is 3.18. The van der Waals surface area contributed by atoms with E-state index in [2.05, 4.69) is 0 Å². The molecule has 0 saturated heterocycles. The second-order valence-electron chi connectivity index (χ2n) is 5.65. The highest BCUT2D eigenvalue weighted by molar-refractivity contribution is 6.32. The number of nitrogens with zero attached hydrogens (tertiary/aromatic N) is 2. The number of ether oxygens (including phenoxy) is 3. The van der Waals surface area contributed by atoms with Crippen LogP contribution in [0.25, 0.3) is 6.08 Å². The Balaban J connectivity index is 1.59. The van der Waals surface area contributed by atoms with Crippen LogP contribution in [0.3, 0.4) is 0 Å². The molecule has 1 heterocycles. The monoisotopic (exact) mass is 398 g/mol. The Morgan fingerprint density at radius 1 is 1.25 bits per heavy atom. The van der Waals surface area contributed by atoms with Gasteiger partial charge in [0.25, 0.3) is 5.91 Å². The first-order valence-corrected chi connectivity index (χ1v) is 8.62. The minimum atomic E-state index is -0.702. The molecule has 3 rings (SSSR count). The molecule has 0 unspecified atom stereocenters. The predicted molar refractivity (Wildman–Crippen MR) is 102 cm³/mol. The van der Waals surface area contributed by atoms with Crippen LogP contribution < -0.4 is 14.4 Å². The lowest BCUT2D eigenvalue weighted by Gasteiger charge is -2.19. The first-order valence-electron chi connectivity index (χ1n) is 8.25. The van der Waals surface area contributed by atoms with Crippen molar-refractivity contribution in [3.63, 3.8) is 0 Å². The first kappa shape index (κ1) is 19.3. The number of hydrogen-bond acceptors (Lipinski definition) is 6. The van der Waals surface area contributed by atoms with E-state index in [9.17, 15) is 9.59 Å². The normalized spacial score (nSPS) is 11.9. The molecule has 1 aliphatic rings. The second-order valence-corrected chi connectivity index (χ2v) is 6.06. The van der Waals surface area contributed by atoms with E-state index in [1.54, 1.807) is 42.5 Å². The van der Waals surface area contributed by atoms with Crippen LogP contribution in [-0.2, 0) is 14.3 Å². The van der Waals surface area contributed by atoms with Crippen LogP contribution in [-0.4, -0.2) is 31.8 Å². The van der Waals surface area contributed by atoms with Crippen molar-refractivity contribution in [2.75, 3.05) is 24.8 Å². The summed E-state index contributed by atoms with van der Waals surface area (Å²) >= 11 is 6.08. The van der Waals surface area contributed by atoms with Crippen molar-refractivity contribution in [3.05, 3.63) is 59.1 Å². The molecule has 0 bridgehead atoms. The van der Waals surface area contributed by atoms with Gasteiger partial charge in [0.1, 0.15) is 6.54 Å². The van der Waals surface area contributed by atoms with Gasteiger partial charge in [-0.25, -0.2) is 4.79 Å². The summed E-state index contributed by atoms with van der Waals surface area (Å²) in [5.74, 6) is -0.246. The molecule has 0 radical (unpaired) electrons. The predicted octanol–water partition coefficient (Wildman–Crippen LogP) is 3.18. The van der Waals surface area contributed by atoms with Gasteiger partial charge in [0.05, 0.1) is 11.1 Å². The number of amides is 1. The Kier molecular flexibility index (Phi) is 6.14. The van der Waals surface area contributed by atoms with Crippen LogP contribution in [0.15, 0.2) is 48.5 Å². The summed E-state index contributed by atoms with van der Waals surface area (Å²) in [5.41, 5.74) is 1.17. The summed E-state index contributed by atoms with van der Waals surface area (Å²) < 4.78 is 15.5. The van der Waals surface area contributed by atoms with E-state index in [4.69, 9.17) is 31.1 Å². The van der Waals surface area contributed by atoms with Crippen molar-refractivity contribution in [1.29, 1.82) is 5.26 Å². The largest absolute Gasteiger partial charge is 0.454 e. The van der Waals surface area contributed by atoms with Crippen LogP contribution in [0.2, 0.25) is 5.02 Å². The Labute approximate surface area is 166 Å². The topological polar surface area (TPSA) is 88.9 Å². The Bertz CT molecular complexity index is 953. The van der Waals surface area contributed by atoms with Gasteiger partial charge in [0.15, 0.2) is 18.1 Å². The van der Waals surface area contributed by atoms with E-state index in [0.717, 1.165) is 0 Å². The molecule has 1 amide bonds. The van der Waals surface area contributed by atoms with Crippen molar-refractivity contribution >= 4 is 35.2 Å². The van der Waals surface area contributed by atoms with Gasteiger partial charge in [0.2, 0.25) is 6.79 Å². The van der Waals surface area contributed by atoms with Gasteiger partial charge < -0.3 is 14.2 Å². The van der Waals surface area contributed by atoms with Gasteiger partial charge in [-0.1, -0.05) is 29.8 Å². The highest BCUT2D eigenvalue weighted by Crippen LogP contribution is 2.40. The van der Waals surface area contributed by atoms with Gasteiger partial charge in [-0.2, -0.15) is 5.26 Å². The molecule has 142 valence electrons. The molecule has 0 aliphatic carbocycles. The molecule has 0 aromatic heterocycles. The highest BCUT2D eigenvalue weighted by atomic mass is 35.5. The molecule has 0 saturated carbocycles. The van der Waals surface area contributed by atoms with Gasteiger partial charge in [-0.15, -0.1) is 0 Å². The van der Waals surface area contributed by atoms with E-state index in [1.165, 1.54) is 17.1 Å². The van der Waals surface area contributed by atoms with Gasteiger partial charge >= 0.3 is 5.97 Å². The summed E-state index contributed by atoms with van der Waals surface area (Å²) in [6, 6.07) is 13.9. The standard InChI is InChI=1S/C20H15ClN2O5/c21-16-10-14(11-17-20(16)28-13-27-17)6-7-19(25)26-12-18(24)23(9-8-22)15-4-2-1-3-5-15/h1-7,10-11H,9,12-13H2/b7-6+. The lowest BCUT2D eigenvalue weighted by atomic mass is 10.2. The maximum Gasteiger partial charge on any atom is 0.331 e. The number of benzene rings is 2. The van der Waals surface area contributed by atoms with Crippen molar-refractivity contribution < 1.29 is 23.8 Å². The van der Waals surface area contributed by atoms with Gasteiger partial charge in [-0.05, 0) is 35.9 Å². The van der Waals surface area contributed by atoms with E-state index in [-0.39, 0.29) is 13.3 Å². The molecule has 8 heteroatoms. The molecule has 0 atom stereocenters. The van der Waals surface area contributed by atoms with Crippen LogP contribution in [0.1, 0.15) is 5.56 Å². The molecular weight excluding hydrogens is 384 g/mol. The summed E-state index contributed by atoms with van der Waals surface area (Å²) in [4.78, 5) is 25.5. The minimum absolute atomic E-state index is 0.0903. The molecular formula is C20H15ClN2O5. The number of halogens is 1. The van der Waals surface area contributed by atoms with Gasteiger partial charge in [-0.3, -0.25) is 9.69 Å². The molecule has 7 nitrogen and oxygen atoms in total. The molecule has 0 spiro atoms. The number of para-hydroxylation sites is 1. The number of carbonyl (C=O) groups is 2. The molecule has 1 aliphatic heterocycles. The second kappa shape index (κ2) is 8.93. The van der Waals surface area contributed by atoms with E-state index >= 15 is 0 Å². The fourth-order valence-corrected chi connectivity index (χ4v) is 2.78. The molecule has 2 aromatic rings. The summed E-state index contributed by atoms with van der Waals surface area (Å²) in [7, 11) is 0. The number of esters is 1. The maximum atomic E-state index is 12.3. The zero-order chi connectivity index (χ0) is 19.9. The van der Waals surface area contributed by atoms with Gasteiger partial charge in [0, 0.05) is 11.8 Å². The highest BCUT2D eigenvalue weighted by Gasteiger charge is 2.18. The van der Waals surface area contributed by atoms with Crippen molar-refractivity contribution in [2.45, 2.75) is 0 Å². The van der Waals surface area contributed by atoms with E-state index in [0.29, 0.717) is 27.8 Å². The summed E-state index contributed by atoms with van der Waals surface area (Å²) in [5, 5.41) is 9.30. The number of anilines is 1. The third kappa shape index (κ3) is 4.61. The van der Waals surface area contributed by atoms with Crippen molar-refractivity contribution in [1.82, 2.24) is 0 Å². The minimum Gasteiger partial charge on any atom is -0.454 e. The lowest BCUT2D eigenvalue weighted by molar-refractivity contribution is -0.142. The molecule has 0 N–H and O–H groups in total. The van der Waals surface area contributed by atoms with Crippen LogP contribution >= 0.6 is 11.6 Å². The van der Waals surface area contributed by atoms with Crippen LogP contribution in [0, 0.1) is 11.3 Å². The Morgan fingerprint density at radius 2 is 2.04 bits per heavy atom. The van der Waals surface area contributed by atoms with E-state index in [1.807, 2.05) is 6.07 Å². The molecule has 0 fully saturated rings. The smallest absolute Gasteiger partial charge is 0.331 e. The van der Waals surface area contributed by atoms with Crippen LogP contribution in [0.4, 0.5) is 5.69 Å². The van der Waals surface area contributed by atoms with Crippen LogP contribution in [0.5, 0.6) is 11.5 Å². The zero-order valence-corrected chi connectivity index (χ0v) is 15.4. The number of fused-ring (bicyclic) bond motifs is 1. The summed E-state index contributed by atoms with van der Waals surface area (Å²) in [6.07, 6.45) is 2.67. The average molecular weight is 399 g/mol. The zero-order valence-electron chi connectivity index (χ0n) is 14.6. The number of carbonyl (C=O) groups excluding carboxylic acids is 2. The lowest BCUT2D eigenvalue weighted by Crippen LogP contribution is -2.34. The first-order chi connectivity index (χ1) is 13.6. The Morgan fingerprint density at radius 3 is 2.79 bits per heavy atom. The van der Waals surface area contributed by atoms with E-state index < -0.39 is 18.5 Å². The Hall–Kier alpha value is -3.50. The molecule has 2 aromatic carbocycles. The van der Waals surface area contributed by atoms with Crippen molar-refractivity contribution in [3.8, 4) is 17.6 Å². The maximum absolute atomic E-state index is 12.3. The third-order valence-electron chi connectivity index (χ3n) is 3.80. The fourth-order valence-electron chi connectivity index (χ4n) is 2.51. The number of nitriles is 1. The third-order valence-corrected chi connectivity index (χ3v) is 4.08. The van der Waals surface area contributed by atoms with Crippen molar-refractivity contribution in [2.24, 2.45) is 0 Å². The number of hydrogen-bond donors (Lipinski definition) is 0. The molecule has 28 heavy (non-hydrogen) atoms. The fraction of sp³-hybridized carbons (Fsp3) is 0.150. The quantitative estimate of drug-likeness (QED) is 0.422. The number of rotatable bonds is 6.